The van der Waals surface area contributed by atoms with Crippen molar-refractivity contribution in [3.63, 3.8) is 0 Å². The Hall–Kier alpha value is -4.06. The van der Waals surface area contributed by atoms with Crippen LogP contribution in [0.3, 0.4) is 0 Å². The highest BCUT2D eigenvalue weighted by Gasteiger charge is 2.21. The molecule has 5 rings (SSSR count). The van der Waals surface area contributed by atoms with E-state index in [0.29, 0.717) is 39.7 Å². The maximum atomic E-state index is 11.9. The first-order valence-electron chi connectivity index (χ1n) is 12.5. The zero-order valence-electron chi connectivity index (χ0n) is 21.0. The number of pyridine rings is 1. The highest BCUT2D eigenvalue weighted by Crippen LogP contribution is 2.36. The van der Waals surface area contributed by atoms with Crippen LogP contribution in [-0.2, 0) is 6.61 Å². The third-order valence-corrected chi connectivity index (χ3v) is 6.73. The molecular formula is C27H27ClN6O5. The van der Waals surface area contributed by atoms with Crippen molar-refractivity contribution in [2.24, 2.45) is 0 Å². The van der Waals surface area contributed by atoms with Crippen LogP contribution in [0, 0.1) is 10.1 Å². The minimum absolute atomic E-state index is 0.145. The zero-order valence-corrected chi connectivity index (χ0v) is 21.8. The smallest absolute Gasteiger partial charge is 0.311 e. The second-order valence-electron chi connectivity index (χ2n) is 9.12. The molecule has 1 aliphatic rings. The van der Waals surface area contributed by atoms with Gasteiger partial charge in [-0.15, -0.1) is 0 Å². The van der Waals surface area contributed by atoms with Gasteiger partial charge in [-0.05, 0) is 43.2 Å². The molecule has 12 heteroatoms. The first-order valence-corrected chi connectivity index (χ1v) is 12.9. The van der Waals surface area contributed by atoms with Gasteiger partial charge >= 0.3 is 5.69 Å². The maximum Gasteiger partial charge on any atom is 0.311 e. The van der Waals surface area contributed by atoms with Crippen molar-refractivity contribution in [3.05, 3.63) is 81.9 Å². The quantitative estimate of drug-likeness (QED) is 0.210. The molecule has 1 aliphatic heterocycles. The molecule has 0 saturated carbocycles. The van der Waals surface area contributed by atoms with Crippen molar-refractivity contribution in [3.8, 4) is 11.5 Å². The van der Waals surface area contributed by atoms with E-state index in [1.165, 1.54) is 12.4 Å². The summed E-state index contributed by atoms with van der Waals surface area (Å²) in [5.74, 6) is 1.03. The molecule has 2 aromatic heterocycles. The number of likely N-dealkylation sites (tertiary alicyclic amines) is 1. The summed E-state index contributed by atoms with van der Waals surface area (Å²) in [5.41, 5.74) is 1.72. The molecule has 0 atom stereocenters. The summed E-state index contributed by atoms with van der Waals surface area (Å²) in [6, 6.07) is 13.7. The van der Waals surface area contributed by atoms with Crippen LogP contribution in [0.1, 0.15) is 18.5 Å². The van der Waals surface area contributed by atoms with Gasteiger partial charge in [0.1, 0.15) is 31.1 Å². The monoisotopic (exact) mass is 550 g/mol. The number of hydrogen-bond donors (Lipinski definition) is 2. The highest BCUT2D eigenvalue weighted by molar-refractivity contribution is 6.32. The lowest BCUT2D eigenvalue weighted by atomic mass is 10.1. The molecular weight excluding hydrogens is 524 g/mol. The van der Waals surface area contributed by atoms with Crippen LogP contribution in [0.2, 0.25) is 5.02 Å². The molecule has 202 valence electrons. The Labute approximate surface area is 229 Å². The fourth-order valence-corrected chi connectivity index (χ4v) is 4.56. The van der Waals surface area contributed by atoms with Gasteiger partial charge in [-0.3, -0.25) is 20.0 Å². The number of benzene rings is 2. The number of fused-ring (bicyclic) bond motifs is 1. The average molecular weight is 551 g/mol. The van der Waals surface area contributed by atoms with Crippen LogP contribution in [0.4, 0.5) is 17.2 Å². The second kappa shape index (κ2) is 12.2. The highest BCUT2D eigenvalue weighted by atomic mass is 35.5. The number of nitrogens with zero attached hydrogens (tertiary/aromatic N) is 5. The Morgan fingerprint density at radius 3 is 2.67 bits per heavy atom. The summed E-state index contributed by atoms with van der Waals surface area (Å²) in [4.78, 5) is 26.4. The first-order chi connectivity index (χ1) is 19.0. The van der Waals surface area contributed by atoms with E-state index in [9.17, 15) is 15.2 Å². The largest absolute Gasteiger partial charge is 0.486 e. The van der Waals surface area contributed by atoms with Crippen molar-refractivity contribution < 1.29 is 19.5 Å². The summed E-state index contributed by atoms with van der Waals surface area (Å²) in [6.07, 6.45) is 4.25. The van der Waals surface area contributed by atoms with Crippen LogP contribution < -0.4 is 14.8 Å². The molecule has 4 aromatic rings. The molecule has 0 radical (unpaired) electrons. The van der Waals surface area contributed by atoms with Gasteiger partial charge in [0.25, 0.3) is 0 Å². The molecule has 1 fully saturated rings. The number of aromatic nitrogens is 3. The number of piperidine rings is 1. The van der Waals surface area contributed by atoms with Gasteiger partial charge in [0.2, 0.25) is 0 Å². The number of nitro benzene ring substituents is 1. The maximum absolute atomic E-state index is 11.9. The van der Waals surface area contributed by atoms with Gasteiger partial charge in [-0.2, -0.15) is 0 Å². The van der Waals surface area contributed by atoms with Crippen LogP contribution in [0.25, 0.3) is 10.9 Å². The molecule has 0 bridgehead atoms. The van der Waals surface area contributed by atoms with E-state index in [4.69, 9.17) is 21.1 Å². The van der Waals surface area contributed by atoms with E-state index in [1.54, 1.807) is 30.5 Å². The number of halogens is 1. The SMILES string of the molecule is O=[N+]([O-])c1cc2c(Nc3ccc(OCc4ccccn4)c(Cl)c3)ncnc2cc1OCCN1CCC(O)CC1. The van der Waals surface area contributed by atoms with Crippen molar-refractivity contribution in [2.75, 3.05) is 31.6 Å². The summed E-state index contributed by atoms with van der Waals surface area (Å²) < 4.78 is 11.6. The molecule has 11 nitrogen and oxygen atoms in total. The number of aliphatic hydroxyl groups excluding tert-OH is 1. The summed E-state index contributed by atoms with van der Waals surface area (Å²) >= 11 is 6.44. The lowest BCUT2D eigenvalue weighted by Crippen LogP contribution is -2.38. The third kappa shape index (κ3) is 6.69. The average Bonchev–Trinajstić information content (AvgIpc) is 2.94. The van der Waals surface area contributed by atoms with E-state index < -0.39 is 4.92 Å². The first kappa shape index (κ1) is 26.5. The Bertz CT molecular complexity index is 1450. The second-order valence-corrected chi connectivity index (χ2v) is 9.52. The van der Waals surface area contributed by atoms with E-state index in [2.05, 4.69) is 25.2 Å². The minimum Gasteiger partial charge on any atom is -0.486 e. The van der Waals surface area contributed by atoms with Crippen molar-refractivity contribution >= 4 is 39.7 Å². The van der Waals surface area contributed by atoms with E-state index >= 15 is 0 Å². The van der Waals surface area contributed by atoms with Crippen molar-refractivity contribution in [2.45, 2.75) is 25.6 Å². The van der Waals surface area contributed by atoms with Crippen LogP contribution in [0.5, 0.6) is 11.5 Å². The molecule has 0 aliphatic carbocycles. The molecule has 0 spiro atoms. The zero-order chi connectivity index (χ0) is 27.2. The predicted octanol–water partition coefficient (Wildman–Crippen LogP) is 4.74. The van der Waals surface area contributed by atoms with Gasteiger partial charge in [-0.25, -0.2) is 9.97 Å². The summed E-state index contributed by atoms with van der Waals surface area (Å²) in [6.45, 7) is 2.72. The lowest BCUT2D eigenvalue weighted by molar-refractivity contribution is -0.385. The normalized spacial score (nSPS) is 14.3. The van der Waals surface area contributed by atoms with Crippen molar-refractivity contribution in [1.29, 1.82) is 0 Å². The lowest BCUT2D eigenvalue weighted by Gasteiger charge is -2.29. The number of nitro groups is 1. The fraction of sp³-hybridized carbons (Fsp3) is 0.296. The van der Waals surface area contributed by atoms with E-state index in [1.807, 2.05) is 18.2 Å². The van der Waals surface area contributed by atoms with Gasteiger partial charge < -0.3 is 19.9 Å². The number of rotatable bonds is 10. The standard InChI is InChI=1S/C27H27ClN6O5/c28-22-13-18(4-5-25(22)39-16-19-3-1-2-8-29-19)32-27-21-14-24(34(36)37)26(15-23(21)30-17-31-27)38-12-11-33-9-6-20(35)7-10-33/h1-5,8,13-15,17,20,35H,6-7,9-12,16H2,(H,30,31,32). The van der Waals surface area contributed by atoms with Crippen LogP contribution >= 0.6 is 11.6 Å². The molecule has 3 heterocycles. The van der Waals surface area contributed by atoms with Gasteiger partial charge in [-0.1, -0.05) is 17.7 Å². The van der Waals surface area contributed by atoms with E-state index in [0.717, 1.165) is 31.6 Å². The Kier molecular flexibility index (Phi) is 8.30. The summed E-state index contributed by atoms with van der Waals surface area (Å²) in [7, 11) is 0. The molecule has 2 N–H and O–H groups in total. The van der Waals surface area contributed by atoms with E-state index in [-0.39, 0.29) is 30.8 Å². The number of hydrogen-bond acceptors (Lipinski definition) is 10. The summed E-state index contributed by atoms with van der Waals surface area (Å²) in [5, 5.41) is 25.6. The van der Waals surface area contributed by atoms with Crippen LogP contribution in [-0.4, -0.2) is 62.2 Å². The topological polar surface area (TPSA) is 136 Å². The fourth-order valence-electron chi connectivity index (χ4n) is 4.33. The number of aliphatic hydroxyl groups is 1. The Morgan fingerprint density at radius 1 is 1.08 bits per heavy atom. The Balaban J connectivity index is 1.30. The molecule has 1 saturated heterocycles. The van der Waals surface area contributed by atoms with Crippen LogP contribution in [0.15, 0.2) is 61.1 Å². The van der Waals surface area contributed by atoms with Gasteiger partial charge in [0.15, 0.2) is 5.75 Å². The number of nitrogens with one attached hydrogen (secondary N) is 1. The molecule has 39 heavy (non-hydrogen) atoms. The molecule has 0 unspecified atom stereocenters. The molecule has 0 amide bonds. The minimum atomic E-state index is -0.479. The number of anilines is 2. The van der Waals surface area contributed by atoms with Gasteiger partial charge in [0, 0.05) is 43.7 Å². The third-order valence-electron chi connectivity index (χ3n) is 6.43. The predicted molar refractivity (Wildman–Crippen MR) is 147 cm³/mol. The Morgan fingerprint density at radius 2 is 1.92 bits per heavy atom. The van der Waals surface area contributed by atoms with Crippen molar-refractivity contribution in [1.82, 2.24) is 19.9 Å². The van der Waals surface area contributed by atoms with Gasteiger partial charge in [0.05, 0.1) is 32.6 Å². The molecule has 2 aromatic carbocycles. The number of ether oxygens (including phenoxy) is 2.